The van der Waals surface area contributed by atoms with Crippen molar-refractivity contribution in [3.63, 3.8) is 0 Å². The van der Waals surface area contributed by atoms with Gasteiger partial charge in [-0.2, -0.15) is 0 Å². The number of aromatic nitrogens is 3. The molecule has 0 saturated carbocycles. The molecule has 5 heterocycles. The molecular weight excluding hydrogens is 461 g/mol. The highest BCUT2D eigenvalue weighted by Gasteiger charge is 2.31. The van der Waals surface area contributed by atoms with Crippen LogP contribution in [0.5, 0.6) is 11.6 Å². The van der Waals surface area contributed by atoms with Crippen molar-refractivity contribution in [1.82, 2.24) is 19.9 Å². The van der Waals surface area contributed by atoms with Crippen molar-refractivity contribution in [3.8, 4) is 22.8 Å². The monoisotopic (exact) mass is 485 g/mol. The number of fused-ring (bicyclic) bond motifs is 3. The average Bonchev–Trinajstić information content (AvgIpc) is 3.25. The fourth-order valence-corrected chi connectivity index (χ4v) is 4.87. The largest absolute Gasteiger partial charge is 0.492 e. The molecule has 3 aromatic heterocycles. The molecule has 0 radical (unpaired) electrons. The van der Waals surface area contributed by atoms with Gasteiger partial charge in [0.1, 0.15) is 17.4 Å². The molecule has 0 saturated heterocycles. The van der Waals surface area contributed by atoms with Crippen molar-refractivity contribution >= 4 is 28.6 Å². The Morgan fingerprint density at radius 1 is 1.22 bits per heavy atom. The second-order valence-electron chi connectivity index (χ2n) is 8.86. The van der Waals surface area contributed by atoms with Gasteiger partial charge < -0.3 is 20.1 Å². The molecule has 2 aliphatic rings. The van der Waals surface area contributed by atoms with Crippen LogP contribution in [-0.4, -0.2) is 40.3 Å². The number of anilines is 2. The van der Waals surface area contributed by atoms with Gasteiger partial charge in [-0.05, 0) is 49.8 Å². The number of allylic oxidation sites excluding steroid dienone is 1. The number of pyridine rings is 2. The number of nitrogens with zero attached hydrogens (tertiary/aromatic N) is 3. The van der Waals surface area contributed by atoms with Crippen LogP contribution in [0.2, 0.25) is 0 Å². The Labute approximate surface area is 206 Å². The van der Waals surface area contributed by atoms with Crippen LogP contribution < -0.4 is 20.1 Å². The van der Waals surface area contributed by atoms with Crippen molar-refractivity contribution in [3.05, 3.63) is 72.3 Å². The smallest absolute Gasteiger partial charge is 0.327 e. The summed E-state index contributed by atoms with van der Waals surface area (Å²) in [6.45, 7) is 2.46. The first-order valence-electron chi connectivity index (χ1n) is 11.8. The summed E-state index contributed by atoms with van der Waals surface area (Å²) in [5, 5.41) is 6.28. The van der Waals surface area contributed by atoms with Gasteiger partial charge in [0.05, 0.1) is 18.3 Å². The number of nitrogens with one attached hydrogen (secondary N) is 2. The Balaban J connectivity index is 1.64. The van der Waals surface area contributed by atoms with Crippen LogP contribution in [0.1, 0.15) is 25.0 Å². The predicted octanol–water partition coefficient (Wildman–Crippen LogP) is 5.37. The second kappa shape index (κ2) is 8.67. The number of carbonyl (C=O) groups excluding carboxylic acids is 1. The van der Waals surface area contributed by atoms with E-state index in [1.165, 1.54) is 13.2 Å². The van der Waals surface area contributed by atoms with E-state index in [-0.39, 0.29) is 23.8 Å². The summed E-state index contributed by atoms with van der Waals surface area (Å²) in [6.07, 6.45) is 6.31. The van der Waals surface area contributed by atoms with Gasteiger partial charge in [-0.25, -0.2) is 14.2 Å². The summed E-state index contributed by atoms with van der Waals surface area (Å²) in [6, 6.07) is 11.9. The summed E-state index contributed by atoms with van der Waals surface area (Å²) in [4.78, 5) is 22.4. The standard InChI is InChI=1S/C27H24FN5O3/c1-15-5-3-6-16-14-30-27(34)33-22(16)13-18(26(33)31-21-8-4-7-19(28)25(21)35-2)17-11-12-29-20-9-10-23(36-15)32-24(17)20/h3-5,7-13,15-16,31H,6,14H2,1-2H3,(H,30,34)/b5-3-/t15-,16+/m0/s1. The molecule has 0 fully saturated rings. The van der Waals surface area contributed by atoms with E-state index < -0.39 is 5.82 Å². The fraction of sp³-hybridized carbons (Fsp3) is 0.222. The van der Waals surface area contributed by atoms with Gasteiger partial charge in [0.2, 0.25) is 5.88 Å². The molecule has 0 unspecified atom stereocenters. The third-order valence-corrected chi connectivity index (χ3v) is 6.56. The molecule has 2 atom stereocenters. The molecule has 182 valence electrons. The molecular formula is C27H24FN5O3. The SMILES string of the molecule is COc1c(F)cccc1Nc1c2cc3n1C(=O)NC[C@H]3C/C=C\[C@H](C)Oc1ccc3nccc-2c3n1. The maximum atomic E-state index is 14.5. The molecule has 9 heteroatoms. The third kappa shape index (κ3) is 3.64. The number of rotatable bonds is 3. The van der Waals surface area contributed by atoms with E-state index in [2.05, 4.69) is 21.7 Å². The van der Waals surface area contributed by atoms with Crippen LogP contribution >= 0.6 is 0 Å². The number of carbonyl (C=O) groups is 1. The van der Waals surface area contributed by atoms with E-state index in [0.717, 1.165) is 16.8 Å². The van der Waals surface area contributed by atoms with Crippen molar-refractivity contribution in [2.24, 2.45) is 0 Å². The zero-order valence-electron chi connectivity index (χ0n) is 19.8. The number of ether oxygens (including phenoxy) is 2. The Kier molecular flexibility index (Phi) is 5.32. The Bertz CT molecular complexity index is 1530. The lowest BCUT2D eigenvalue weighted by Crippen LogP contribution is -2.39. The van der Waals surface area contributed by atoms with Gasteiger partial charge >= 0.3 is 6.03 Å². The number of amides is 1. The first-order chi connectivity index (χ1) is 17.5. The molecule has 6 rings (SSSR count). The van der Waals surface area contributed by atoms with E-state index in [1.807, 2.05) is 31.2 Å². The first kappa shape index (κ1) is 22.1. The maximum absolute atomic E-state index is 14.5. The molecule has 4 bridgehead atoms. The van der Waals surface area contributed by atoms with Crippen LogP contribution in [-0.2, 0) is 0 Å². The van der Waals surface area contributed by atoms with E-state index in [4.69, 9.17) is 14.5 Å². The zero-order chi connectivity index (χ0) is 24.8. The predicted molar refractivity (Wildman–Crippen MR) is 135 cm³/mol. The normalized spacial score (nSPS) is 19.5. The van der Waals surface area contributed by atoms with E-state index in [1.54, 1.807) is 29.0 Å². The summed E-state index contributed by atoms with van der Waals surface area (Å²) in [7, 11) is 1.41. The number of benzene rings is 1. The molecule has 36 heavy (non-hydrogen) atoms. The Morgan fingerprint density at radius 2 is 2.11 bits per heavy atom. The lowest BCUT2D eigenvalue weighted by molar-refractivity contribution is 0.237. The van der Waals surface area contributed by atoms with Gasteiger partial charge in [-0.15, -0.1) is 0 Å². The van der Waals surface area contributed by atoms with Gasteiger partial charge in [0.15, 0.2) is 11.6 Å². The van der Waals surface area contributed by atoms with Gasteiger partial charge in [-0.3, -0.25) is 9.55 Å². The molecule has 0 spiro atoms. The molecule has 8 nitrogen and oxygen atoms in total. The van der Waals surface area contributed by atoms with Crippen molar-refractivity contribution in [2.45, 2.75) is 25.4 Å². The lowest BCUT2D eigenvalue weighted by atomic mass is 9.98. The average molecular weight is 486 g/mol. The molecule has 1 aromatic carbocycles. The van der Waals surface area contributed by atoms with Crippen LogP contribution in [0, 0.1) is 5.82 Å². The van der Waals surface area contributed by atoms with E-state index >= 15 is 0 Å². The summed E-state index contributed by atoms with van der Waals surface area (Å²) in [5.41, 5.74) is 4.10. The van der Waals surface area contributed by atoms with Crippen molar-refractivity contribution in [2.75, 3.05) is 19.0 Å². The molecule has 4 aromatic rings. The van der Waals surface area contributed by atoms with Gasteiger partial charge in [-0.1, -0.05) is 12.1 Å². The molecule has 1 amide bonds. The highest BCUT2D eigenvalue weighted by Crippen LogP contribution is 2.42. The minimum absolute atomic E-state index is 0.0315. The molecule has 0 aliphatic carbocycles. The highest BCUT2D eigenvalue weighted by molar-refractivity contribution is 5.99. The number of halogens is 1. The summed E-state index contributed by atoms with van der Waals surface area (Å²) >= 11 is 0. The minimum Gasteiger partial charge on any atom is -0.492 e. The van der Waals surface area contributed by atoms with E-state index in [9.17, 15) is 9.18 Å². The van der Waals surface area contributed by atoms with E-state index in [0.29, 0.717) is 41.4 Å². The third-order valence-electron chi connectivity index (χ3n) is 6.56. The first-order valence-corrected chi connectivity index (χ1v) is 11.8. The fourth-order valence-electron chi connectivity index (χ4n) is 4.87. The topological polar surface area (TPSA) is 90.3 Å². The van der Waals surface area contributed by atoms with Gasteiger partial charge in [0.25, 0.3) is 0 Å². The summed E-state index contributed by atoms with van der Waals surface area (Å²) in [5.74, 6) is 0.563. The van der Waals surface area contributed by atoms with Crippen molar-refractivity contribution < 1.29 is 18.7 Å². The van der Waals surface area contributed by atoms with Crippen molar-refractivity contribution in [1.29, 1.82) is 0 Å². The number of methoxy groups -OCH3 is 1. The highest BCUT2D eigenvalue weighted by atomic mass is 19.1. The van der Waals surface area contributed by atoms with Crippen LogP contribution in [0.4, 0.5) is 20.7 Å². The Morgan fingerprint density at radius 3 is 2.97 bits per heavy atom. The summed E-state index contributed by atoms with van der Waals surface area (Å²) < 4.78 is 27.5. The molecule has 2 N–H and O–H groups in total. The number of hydrogen-bond donors (Lipinski definition) is 2. The maximum Gasteiger partial charge on any atom is 0.327 e. The van der Waals surface area contributed by atoms with Crippen LogP contribution in [0.25, 0.3) is 22.2 Å². The van der Waals surface area contributed by atoms with Crippen LogP contribution in [0.15, 0.2) is 60.8 Å². The second-order valence-corrected chi connectivity index (χ2v) is 8.86. The number of hydrogen-bond acceptors (Lipinski definition) is 6. The number of para-hydroxylation sites is 1. The quantitative estimate of drug-likeness (QED) is 0.379. The van der Waals surface area contributed by atoms with Crippen LogP contribution in [0.3, 0.4) is 0 Å². The lowest BCUT2D eigenvalue weighted by Gasteiger charge is -2.26. The zero-order valence-corrected chi connectivity index (χ0v) is 19.8. The Hall–Kier alpha value is -4.40. The molecule has 2 aliphatic heterocycles. The van der Waals surface area contributed by atoms with Gasteiger partial charge in [0, 0.05) is 41.5 Å². The minimum atomic E-state index is -0.504.